The topological polar surface area (TPSA) is 101 Å². The van der Waals surface area contributed by atoms with E-state index in [4.69, 9.17) is 5.73 Å². The minimum absolute atomic E-state index is 0.101. The van der Waals surface area contributed by atoms with Crippen molar-refractivity contribution in [1.82, 2.24) is 20.6 Å². The number of urea groups is 1. The zero-order chi connectivity index (χ0) is 20.4. The maximum absolute atomic E-state index is 16.6. The molecule has 3 N–H and O–H groups in total. The third kappa shape index (κ3) is 3.44. The molecule has 2 aromatic carbocycles. The third-order valence-corrected chi connectivity index (χ3v) is 5.35. The van der Waals surface area contributed by atoms with E-state index in [1.165, 1.54) is 6.08 Å². The summed E-state index contributed by atoms with van der Waals surface area (Å²) in [7, 11) is 0. The molecule has 0 radical (unpaired) electrons. The SMILES string of the molecule is NC(=O)N(c1ccccc1Br)C1(F)C=CC(c2ccccc2)=CC1c1nn[nH]n1. The van der Waals surface area contributed by atoms with Gasteiger partial charge in [-0.05, 0) is 45.3 Å². The van der Waals surface area contributed by atoms with Crippen LogP contribution >= 0.6 is 15.9 Å². The predicted molar refractivity (Wildman–Crippen MR) is 111 cm³/mol. The number of allylic oxidation sites excluding steroid dienone is 2. The summed E-state index contributed by atoms with van der Waals surface area (Å²) in [6.45, 7) is 0. The largest absolute Gasteiger partial charge is 0.351 e. The molecule has 0 saturated heterocycles. The average Bonchev–Trinajstić information content (AvgIpc) is 3.25. The van der Waals surface area contributed by atoms with Crippen molar-refractivity contribution in [3.05, 3.63) is 88.7 Å². The Morgan fingerprint density at radius 2 is 1.90 bits per heavy atom. The fourth-order valence-corrected chi connectivity index (χ4v) is 3.82. The molecular formula is C20H16BrFN6O. The lowest BCUT2D eigenvalue weighted by Crippen LogP contribution is -2.54. The number of rotatable bonds is 4. The molecule has 3 aromatic rings. The van der Waals surface area contributed by atoms with E-state index in [9.17, 15) is 4.79 Å². The first-order valence-corrected chi connectivity index (χ1v) is 9.53. The lowest BCUT2D eigenvalue weighted by molar-refractivity contribution is 0.186. The number of nitrogens with two attached hydrogens (primary N) is 1. The molecule has 0 aliphatic heterocycles. The molecule has 1 aromatic heterocycles. The van der Waals surface area contributed by atoms with Crippen molar-refractivity contribution < 1.29 is 9.18 Å². The molecule has 0 saturated carbocycles. The van der Waals surface area contributed by atoms with Crippen molar-refractivity contribution in [2.24, 2.45) is 5.73 Å². The second kappa shape index (κ2) is 7.59. The van der Waals surface area contributed by atoms with Crippen LogP contribution in [0, 0.1) is 0 Å². The summed E-state index contributed by atoms with van der Waals surface area (Å²) in [6.07, 6.45) is 4.60. The number of para-hydroxylation sites is 1. The fourth-order valence-electron chi connectivity index (χ4n) is 3.36. The van der Waals surface area contributed by atoms with Crippen LogP contribution in [0.1, 0.15) is 17.3 Å². The van der Waals surface area contributed by atoms with Crippen molar-refractivity contribution in [2.45, 2.75) is 11.7 Å². The standard InChI is InChI=1S/C20H16BrFN6O/c21-16-8-4-5-9-17(16)28(19(23)29)20(22)11-10-14(13-6-2-1-3-7-13)12-15(20)18-24-26-27-25-18/h1-12,15H,(H2,23,29)(H,24,25,26,27). The zero-order valence-corrected chi connectivity index (χ0v) is 16.6. The number of aromatic nitrogens is 4. The van der Waals surface area contributed by atoms with Gasteiger partial charge in [-0.25, -0.2) is 9.18 Å². The summed E-state index contributed by atoms with van der Waals surface area (Å²) >= 11 is 3.37. The molecule has 2 amide bonds. The van der Waals surface area contributed by atoms with E-state index in [1.807, 2.05) is 30.3 Å². The van der Waals surface area contributed by atoms with E-state index < -0.39 is 17.7 Å². The first kappa shape index (κ1) is 19.0. The highest BCUT2D eigenvalue weighted by atomic mass is 79.9. The maximum Gasteiger partial charge on any atom is 0.322 e. The lowest BCUT2D eigenvalue weighted by Gasteiger charge is -2.39. The van der Waals surface area contributed by atoms with Gasteiger partial charge in [-0.1, -0.05) is 59.8 Å². The number of hydrogen-bond acceptors (Lipinski definition) is 4. The molecular weight excluding hydrogens is 439 g/mol. The van der Waals surface area contributed by atoms with Crippen molar-refractivity contribution in [2.75, 3.05) is 4.90 Å². The second-order valence-electron chi connectivity index (χ2n) is 6.42. The van der Waals surface area contributed by atoms with Crippen molar-refractivity contribution in [1.29, 1.82) is 0 Å². The predicted octanol–water partition coefficient (Wildman–Crippen LogP) is 3.95. The number of anilines is 1. The first-order valence-electron chi connectivity index (χ1n) is 8.73. The number of tetrazole rings is 1. The molecule has 7 nitrogen and oxygen atoms in total. The Morgan fingerprint density at radius 1 is 1.17 bits per heavy atom. The number of H-pyrrole nitrogens is 1. The molecule has 1 aliphatic rings. The van der Waals surface area contributed by atoms with Crippen LogP contribution in [0.15, 0.2) is 77.3 Å². The molecule has 1 aliphatic carbocycles. The van der Waals surface area contributed by atoms with Gasteiger partial charge in [-0.15, -0.1) is 10.2 Å². The van der Waals surface area contributed by atoms with Gasteiger partial charge in [-0.3, -0.25) is 4.90 Å². The lowest BCUT2D eigenvalue weighted by atomic mass is 9.85. The Labute approximate surface area is 174 Å². The van der Waals surface area contributed by atoms with Gasteiger partial charge in [0.2, 0.25) is 5.79 Å². The van der Waals surface area contributed by atoms with Crippen LogP contribution in [0.5, 0.6) is 0 Å². The van der Waals surface area contributed by atoms with E-state index in [0.717, 1.165) is 16.0 Å². The van der Waals surface area contributed by atoms with Crippen molar-refractivity contribution >= 4 is 33.2 Å². The molecule has 2 unspecified atom stereocenters. The highest BCUT2D eigenvalue weighted by Gasteiger charge is 2.49. The Bertz CT molecular complexity index is 1090. The first-order chi connectivity index (χ1) is 14.0. The molecule has 9 heteroatoms. The van der Waals surface area contributed by atoms with E-state index in [0.29, 0.717) is 4.47 Å². The van der Waals surface area contributed by atoms with Crippen molar-refractivity contribution in [3.8, 4) is 0 Å². The molecule has 146 valence electrons. The number of aromatic amines is 1. The number of hydrogen-bond donors (Lipinski definition) is 2. The quantitative estimate of drug-likeness (QED) is 0.582. The van der Waals surface area contributed by atoms with Crippen LogP contribution in [0.3, 0.4) is 0 Å². The highest BCUT2D eigenvalue weighted by Crippen LogP contribution is 2.45. The van der Waals surface area contributed by atoms with E-state index in [-0.39, 0.29) is 11.5 Å². The van der Waals surface area contributed by atoms with Gasteiger partial charge < -0.3 is 5.73 Å². The van der Waals surface area contributed by atoms with Crippen LogP contribution in [0.25, 0.3) is 5.57 Å². The Kier molecular flexibility index (Phi) is 4.98. The van der Waals surface area contributed by atoms with Crippen molar-refractivity contribution in [3.63, 3.8) is 0 Å². The Morgan fingerprint density at radius 3 is 2.55 bits per heavy atom. The molecule has 0 bridgehead atoms. The molecule has 4 rings (SSSR count). The van der Waals surface area contributed by atoms with Gasteiger partial charge >= 0.3 is 6.03 Å². The minimum Gasteiger partial charge on any atom is -0.351 e. The number of primary amides is 1. The van der Waals surface area contributed by atoms with Gasteiger partial charge in [0, 0.05) is 4.47 Å². The van der Waals surface area contributed by atoms with Gasteiger partial charge in [0.15, 0.2) is 5.82 Å². The van der Waals surface area contributed by atoms with Crippen LogP contribution in [-0.4, -0.2) is 32.4 Å². The minimum atomic E-state index is -2.35. The number of benzene rings is 2. The smallest absolute Gasteiger partial charge is 0.322 e. The van der Waals surface area contributed by atoms with Crippen LogP contribution in [0.2, 0.25) is 0 Å². The number of nitrogens with zero attached hydrogens (tertiary/aromatic N) is 4. The number of amides is 2. The highest BCUT2D eigenvalue weighted by molar-refractivity contribution is 9.10. The summed E-state index contributed by atoms with van der Waals surface area (Å²) < 4.78 is 17.1. The number of carbonyl (C=O) groups excluding carboxylic acids is 1. The molecule has 0 spiro atoms. The molecule has 2 atom stereocenters. The number of carbonyl (C=O) groups is 1. The summed E-state index contributed by atoms with van der Waals surface area (Å²) in [6, 6.07) is 15.3. The third-order valence-electron chi connectivity index (χ3n) is 4.68. The molecule has 0 fully saturated rings. The monoisotopic (exact) mass is 454 g/mol. The average molecular weight is 455 g/mol. The summed E-state index contributed by atoms with van der Waals surface area (Å²) in [4.78, 5) is 13.3. The van der Waals surface area contributed by atoms with E-state index >= 15 is 4.39 Å². The van der Waals surface area contributed by atoms with Crippen LogP contribution in [0.4, 0.5) is 14.9 Å². The molecule has 1 heterocycles. The summed E-state index contributed by atoms with van der Waals surface area (Å²) in [5, 5.41) is 13.8. The van der Waals surface area contributed by atoms with Gasteiger partial charge in [0.25, 0.3) is 0 Å². The fraction of sp³-hybridized carbons (Fsp3) is 0.100. The molecule has 29 heavy (non-hydrogen) atoms. The Balaban J connectivity index is 1.87. The second-order valence-corrected chi connectivity index (χ2v) is 7.28. The van der Waals surface area contributed by atoms with Gasteiger partial charge in [0.1, 0.15) is 0 Å². The number of nitrogens with one attached hydrogen (secondary N) is 1. The van der Waals surface area contributed by atoms with Gasteiger partial charge in [0.05, 0.1) is 11.6 Å². The number of halogens is 2. The van der Waals surface area contributed by atoms with E-state index in [1.54, 1.807) is 36.4 Å². The summed E-state index contributed by atoms with van der Waals surface area (Å²) in [5.41, 5.74) is 7.57. The summed E-state index contributed by atoms with van der Waals surface area (Å²) in [5.74, 6) is -3.29. The zero-order valence-electron chi connectivity index (χ0n) is 15.0. The van der Waals surface area contributed by atoms with E-state index in [2.05, 4.69) is 36.6 Å². The Hall–Kier alpha value is -3.33. The van der Waals surface area contributed by atoms with Crippen LogP contribution in [-0.2, 0) is 0 Å². The van der Waals surface area contributed by atoms with Crippen LogP contribution < -0.4 is 10.6 Å². The maximum atomic E-state index is 16.6. The van der Waals surface area contributed by atoms with Gasteiger partial charge in [-0.2, -0.15) is 5.21 Å². The number of alkyl halides is 1. The normalized spacial score (nSPS) is 20.9.